The molecule has 6 heteroatoms. The third-order valence-electron chi connectivity index (χ3n) is 2.58. The molecule has 0 bridgehead atoms. The lowest BCUT2D eigenvalue weighted by molar-refractivity contribution is 0.617. The van der Waals surface area contributed by atoms with Crippen molar-refractivity contribution in [2.24, 2.45) is 0 Å². The van der Waals surface area contributed by atoms with E-state index in [0.717, 1.165) is 4.70 Å². The first kappa shape index (κ1) is 9.67. The summed E-state index contributed by atoms with van der Waals surface area (Å²) < 4.78 is 6.67. The van der Waals surface area contributed by atoms with Gasteiger partial charge in [0.15, 0.2) is 16.9 Å². The van der Waals surface area contributed by atoms with Crippen molar-refractivity contribution in [1.82, 2.24) is 19.9 Å². The van der Waals surface area contributed by atoms with Gasteiger partial charge in [0.2, 0.25) is 5.89 Å². The fourth-order valence-electron chi connectivity index (χ4n) is 1.75. The number of hydrogen-bond donors (Lipinski definition) is 0. The summed E-state index contributed by atoms with van der Waals surface area (Å²) in [6, 6.07) is 7.50. The third-order valence-corrected chi connectivity index (χ3v) is 3.36. The smallest absolute Gasteiger partial charge is 0.247 e. The Bertz CT molecular complexity index is 818. The number of nitrogens with zero attached hydrogens (tertiary/aromatic N) is 4. The average Bonchev–Trinajstić information content (AvgIpc) is 3.04. The van der Waals surface area contributed by atoms with Gasteiger partial charge in [-0.3, -0.25) is 0 Å². The van der Waals surface area contributed by atoms with Crippen molar-refractivity contribution in [2.75, 3.05) is 0 Å². The summed E-state index contributed by atoms with van der Waals surface area (Å²) >= 11 is 1.56. The molecule has 0 aromatic carbocycles. The molecule has 0 unspecified atom stereocenters. The normalized spacial score (nSPS) is 11.3. The summed E-state index contributed by atoms with van der Waals surface area (Å²) in [6.07, 6.45) is 1.69. The lowest BCUT2D eigenvalue weighted by Gasteiger charge is -1.93. The summed E-state index contributed by atoms with van der Waals surface area (Å²) in [6.45, 7) is 0. The van der Waals surface area contributed by atoms with E-state index in [9.17, 15) is 0 Å². The number of pyridine rings is 2. The van der Waals surface area contributed by atoms with Gasteiger partial charge < -0.3 is 4.42 Å². The molecule has 0 fully saturated rings. The number of aromatic nitrogens is 4. The molecule has 4 aromatic rings. The Morgan fingerprint density at radius 2 is 2.00 bits per heavy atom. The highest BCUT2D eigenvalue weighted by atomic mass is 32.1. The number of oxazole rings is 1. The minimum Gasteiger partial charge on any atom is -0.433 e. The maximum Gasteiger partial charge on any atom is 0.247 e. The van der Waals surface area contributed by atoms with Gasteiger partial charge >= 0.3 is 0 Å². The molecular weight excluding hydrogens is 248 g/mol. The van der Waals surface area contributed by atoms with Gasteiger partial charge in [0.25, 0.3) is 0 Å². The fourth-order valence-corrected chi connectivity index (χ4v) is 2.37. The number of thiazole rings is 1. The zero-order valence-electron chi connectivity index (χ0n) is 9.07. The standard InChI is InChI=1S/C12H6N4OS/c1-2-8-10(13-5-1)16-12(17-8)7-3-4-9-11(15-7)14-6-18-9/h1-6H. The molecular formula is C12H6N4OS. The molecule has 4 rings (SSSR count). The Morgan fingerprint density at radius 3 is 2.94 bits per heavy atom. The van der Waals surface area contributed by atoms with Crippen LogP contribution < -0.4 is 0 Å². The highest BCUT2D eigenvalue weighted by Gasteiger charge is 2.11. The molecule has 0 aliphatic rings. The molecule has 0 amide bonds. The van der Waals surface area contributed by atoms with E-state index in [0.29, 0.717) is 28.5 Å². The van der Waals surface area contributed by atoms with Crippen molar-refractivity contribution in [2.45, 2.75) is 0 Å². The minimum atomic E-state index is 0.471. The predicted octanol–water partition coefficient (Wildman–Crippen LogP) is 2.89. The molecule has 5 nitrogen and oxygen atoms in total. The van der Waals surface area contributed by atoms with Crippen molar-refractivity contribution >= 4 is 32.9 Å². The Hall–Kier alpha value is -2.34. The number of hydrogen-bond acceptors (Lipinski definition) is 6. The average molecular weight is 254 g/mol. The van der Waals surface area contributed by atoms with Gasteiger partial charge in [-0.05, 0) is 24.3 Å². The van der Waals surface area contributed by atoms with Gasteiger partial charge in [-0.2, -0.15) is 4.98 Å². The van der Waals surface area contributed by atoms with Gasteiger partial charge in [-0.1, -0.05) is 0 Å². The van der Waals surface area contributed by atoms with Crippen LogP contribution in [0.1, 0.15) is 0 Å². The van der Waals surface area contributed by atoms with E-state index < -0.39 is 0 Å². The van der Waals surface area contributed by atoms with E-state index in [4.69, 9.17) is 4.42 Å². The van der Waals surface area contributed by atoms with E-state index in [1.807, 2.05) is 24.3 Å². The molecule has 0 spiro atoms. The second-order valence-electron chi connectivity index (χ2n) is 3.71. The summed E-state index contributed by atoms with van der Waals surface area (Å²) in [5.74, 6) is 0.471. The Morgan fingerprint density at radius 1 is 1.00 bits per heavy atom. The molecule has 86 valence electrons. The van der Waals surface area contributed by atoms with E-state index in [-0.39, 0.29) is 0 Å². The van der Waals surface area contributed by atoms with Crippen LogP contribution in [0.2, 0.25) is 0 Å². The number of rotatable bonds is 1. The molecule has 0 aliphatic carbocycles. The maximum atomic E-state index is 5.62. The lowest BCUT2D eigenvalue weighted by Crippen LogP contribution is -1.84. The SMILES string of the molecule is c1cnc2nc(-c3ccc4scnc4n3)oc2c1. The minimum absolute atomic E-state index is 0.471. The summed E-state index contributed by atoms with van der Waals surface area (Å²) in [5.41, 5.74) is 4.41. The third kappa shape index (κ3) is 1.39. The zero-order chi connectivity index (χ0) is 11.9. The largest absolute Gasteiger partial charge is 0.433 e. The Kier molecular flexibility index (Phi) is 1.92. The van der Waals surface area contributed by atoms with Crippen LogP contribution in [-0.4, -0.2) is 19.9 Å². The molecule has 4 aromatic heterocycles. The second-order valence-corrected chi connectivity index (χ2v) is 4.60. The molecule has 0 radical (unpaired) electrons. The molecule has 0 N–H and O–H groups in total. The summed E-state index contributed by atoms with van der Waals surface area (Å²) in [7, 11) is 0. The zero-order valence-corrected chi connectivity index (χ0v) is 9.89. The quantitative estimate of drug-likeness (QED) is 0.522. The molecule has 0 atom stereocenters. The summed E-state index contributed by atoms with van der Waals surface area (Å²) in [5, 5.41) is 0. The first-order valence-corrected chi connectivity index (χ1v) is 6.20. The first-order chi connectivity index (χ1) is 8.90. The fraction of sp³-hybridized carbons (Fsp3) is 0. The van der Waals surface area contributed by atoms with Gasteiger partial charge in [0.05, 0.1) is 10.2 Å². The van der Waals surface area contributed by atoms with Gasteiger partial charge in [0, 0.05) is 6.20 Å². The van der Waals surface area contributed by atoms with Crippen LogP contribution in [0, 0.1) is 0 Å². The highest BCUT2D eigenvalue weighted by Crippen LogP contribution is 2.24. The van der Waals surface area contributed by atoms with E-state index in [2.05, 4.69) is 19.9 Å². The van der Waals surface area contributed by atoms with Crippen LogP contribution in [0.15, 0.2) is 40.4 Å². The van der Waals surface area contributed by atoms with Crippen LogP contribution in [0.4, 0.5) is 0 Å². The van der Waals surface area contributed by atoms with Crippen LogP contribution in [-0.2, 0) is 0 Å². The molecule has 4 heterocycles. The maximum absolute atomic E-state index is 5.62. The first-order valence-electron chi connectivity index (χ1n) is 5.32. The van der Waals surface area contributed by atoms with Crippen LogP contribution >= 0.6 is 11.3 Å². The molecule has 0 saturated heterocycles. The van der Waals surface area contributed by atoms with Crippen molar-refractivity contribution in [3.8, 4) is 11.6 Å². The van der Waals surface area contributed by atoms with Gasteiger partial charge in [-0.15, -0.1) is 11.3 Å². The van der Waals surface area contributed by atoms with Gasteiger partial charge in [0.1, 0.15) is 5.69 Å². The monoisotopic (exact) mass is 254 g/mol. The Balaban J connectivity index is 1.94. The van der Waals surface area contributed by atoms with Crippen molar-refractivity contribution < 1.29 is 4.42 Å². The molecule has 0 aliphatic heterocycles. The highest BCUT2D eigenvalue weighted by molar-refractivity contribution is 7.16. The van der Waals surface area contributed by atoms with Crippen LogP contribution in [0.25, 0.3) is 33.2 Å². The summed E-state index contributed by atoms with van der Waals surface area (Å²) in [4.78, 5) is 17.0. The Labute approximate surface area is 105 Å². The van der Waals surface area contributed by atoms with Crippen molar-refractivity contribution in [1.29, 1.82) is 0 Å². The predicted molar refractivity (Wildman–Crippen MR) is 68.2 cm³/mol. The second kappa shape index (κ2) is 3.58. The number of fused-ring (bicyclic) bond motifs is 2. The van der Waals surface area contributed by atoms with Crippen LogP contribution in [0.5, 0.6) is 0 Å². The molecule has 0 saturated carbocycles. The van der Waals surface area contributed by atoms with Gasteiger partial charge in [-0.25, -0.2) is 15.0 Å². The van der Waals surface area contributed by atoms with E-state index in [1.165, 1.54) is 0 Å². The van der Waals surface area contributed by atoms with E-state index >= 15 is 0 Å². The van der Waals surface area contributed by atoms with Crippen molar-refractivity contribution in [3.63, 3.8) is 0 Å². The van der Waals surface area contributed by atoms with E-state index in [1.54, 1.807) is 23.0 Å². The molecule has 18 heavy (non-hydrogen) atoms. The van der Waals surface area contributed by atoms with Crippen LogP contribution in [0.3, 0.4) is 0 Å². The lowest BCUT2D eigenvalue weighted by atomic mass is 10.3. The topological polar surface area (TPSA) is 64.7 Å². The van der Waals surface area contributed by atoms with Crippen molar-refractivity contribution in [3.05, 3.63) is 36.0 Å².